The molecule has 30 heavy (non-hydrogen) atoms. The predicted octanol–water partition coefficient (Wildman–Crippen LogP) is 4.52. The van der Waals surface area contributed by atoms with E-state index < -0.39 is 12.0 Å². The fourth-order valence-electron chi connectivity index (χ4n) is 3.27. The van der Waals surface area contributed by atoms with Gasteiger partial charge in [0.1, 0.15) is 5.75 Å². The number of ether oxygens (including phenoxy) is 1. The molecule has 3 N–H and O–H groups in total. The molecule has 5 heteroatoms. The molecule has 1 unspecified atom stereocenters. The molecular formula is C25H26N2O3. The van der Waals surface area contributed by atoms with Crippen LogP contribution < -0.4 is 15.8 Å². The van der Waals surface area contributed by atoms with E-state index in [1.165, 1.54) is 5.56 Å². The summed E-state index contributed by atoms with van der Waals surface area (Å²) in [7, 11) is 0. The number of carbonyl (C=O) groups is 2. The van der Waals surface area contributed by atoms with Crippen LogP contribution in [0.2, 0.25) is 0 Å². The van der Waals surface area contributed by atoms with Crippen molar-refractivity contribution in [2.24, 2.45) is 5.73 Å². The van der Waals surface area contributed by atoms with Gasteiger partial charge in [0.25, 0.3) is 11.8 Å². The summed E-state index contributed by atoms with van der Waals surface area (Å²) in [6, 6.07) is 24.6. The van der Waals surface area contributed by atoms with E-state index in [1.807, 2.05) is 42.5 Å². The lowest BCUT2D eigenvalue weighted by molar-refractivity contribution is -0.122. The molecular weight excluding hydrogens is 376 g/mol. The third kappa shape index (κ3) is 4.69. The Labute approximate surface area is 176 Å². The van der Waals surface area contributed by atoms with E-state index in [-0.39, 0.29) is 16.9 Å². The SMILES string of the molecule is CC(Oc1ccc(C(C)(C)c2ccccc2)cc1)C(=O)Nc1ccccc1C(N)=O. The fourth-order valence-corrected chi connectivity index (χ4v) is 3.27. The normalized spacial score (nSPS) is 12.1. The summed E-state index contributed by atoms with van der Waals surface area (Å²) in [5.74, 6) is -0.373. The summed E-state index contributed by atoms with van der Waals surface area (Å²) < 4.78 is 5.79. The van der Waals surface area contributed by atoms with E-state index in [0.717, 1.165) is 5.56 Å². The third-order valence-corrected chi connectivity index (χ3v) is 5.20. The van der Waals surface area contributed by atoms with Crippen LogP contribution in [-0.4, -0.2) is 17.9 Å². The standard InChI is InChI=1S/C25H26N2O3/c1-17(24(29)27-22-12-8-7-11-21(22)23(26)28)30-20-15-13-19(14-16-20)25(2,3)18-9-5-4-6-10-18/h4-17H,1-3H3,(H2,26,28)(H,27,29). The molecule has 3 rings (SSSR count). The van der Waals surface area contributed by atoms with Gasteiger partial charge >= 0.3 is 0 Å². The maximum absolute atomic E-state index is 12.5. The Morgan fingerprint density at radius 2 is 1.43 bits per heavy atom. The van der Waals surface area contributed by atoms with Crippen molar-refractivity contribution in [3.8, 4) is 5.75 Å². The number of para-hydroxylation sites is 1. The van der Waals surface area contributed by atoms with Gasteiger partial charge in [-0.2, -0.15) is 0 Å². The number of nitrogens with one attached hydrogen (secondary N) is 1. The Balaban J connectivity index is 1.68. The van der Waals surface area contributed by atoms with Gasteiger partial charge in [0.15, 0.2) is 6.10 Å². The maximum Gasteiger partial charge on any atom is 0.265 e. The molecule has 3 aromatic carbocycles. The first-order chi connectivity index (χ1) is 14.3. The minimum Gasteiger partial charge on any atom is -0.481 e. The van der Waals surface area contributed by atoms with Gasteiger partial charge in [0.2, 0.25) is 0 Å². The zero-order valence-corrected chi connectivity index (χ0v) is 17.4. The lowest BCUT2D eigenvalue weighted by Gasteiger charge is -2.26. The minimum atomic E-state index is -0.751. The zero-order chi connectivity index (χ0) is 21.7. The molecule has 3 aromatic rings. The Bertz CT molecular complexity index is 1030. The first-order valence-electron chi connectivity index (χ1n) is 9.81. The second-order valence-electron chi connectivity index (χ2n) is 7.67. The number of carbonyl (C=O) groups excluding carboxylic acids is 2. The number of anilines is 1. The van der Waals surface area contributed by atoms with Gasteiger partial charge in [-0.3, -0.25) is 9.59 Å². The van der Waals surface area contributed by atoms with Gasteiger partial charge in [-0.25, -0.2) is 0 Å². The highest BCUT2D eigenvalue weighted by Gasteiger charge is 2.23. The highest BCUT2D eigenvalue weighted by molar-refractivity contribution is 6.03. The van der Waals surface area contributed by atoms with Crippen LogP contribution in [0.15, 0.2) is 78.9 Å². The molecule has 0 fully saturated rings. The Hall–Kier alpha value is -3.60. The second-order valence-corrected chi connectivity index (χ2v) is 7.67. The van der Waals surface area contributed by atoms with Crippen LogP contribution >= 0.6 is 0 Å². The highest BCUT2D eigenvalue weighted by atomic mass is 16.5. The van der Waals surface area contributed by atoms with Crippen LogP contribution in [0.3, 0.4) is 0 Å². The predicted molar refractivity (Wildman–Crippen MR) is 119 cm³/mol. The van der Waals surface area contributed by atoms with Crippen molar-refractivity contribution in [2.75, 3.05) is 5.32 Å². The van der Waals surface area contributed by atoms with Crippen LogP contribution in [0.5, 0.6) is 5.75 Å². The summed E-state index contributed by atoms with van der Waals surface area (Å²) in [5, 5.41) is 2.70. The summed E-state index contributed by atoms with van der Waals surface area (Å²) >= 11 is 0. The average molecular weight is 402 g/mol. The Morgan fingerprint density at radius 3 is 2.07 bits per heavy atom. The second kappa shape index (κ2) is 8.82. The number of hydrogen-bond acceptors (Lipinski definition) is 3. The van der Waals surface area contributed by atoms with Crippen molar-refractivity contribution < 1.29 is 14.3 Å². The van der Waals surface area contributed by atoms with Crippen LogP contribution in [0.4, 0.5) is 5.69 Å². The first-order valence-corrected chi connectivity index (χ1v) is 9.81. The smallest absolute Gasteiger partial charge is 0.265 e. The molecule has 0 bridgehead atoms. The molecule has 0 heterocycles. The molecule has 154 valence electrons. The number of primary amides is 1. The summed E-state index contributed by atoms with van der Waals surface area (Å²) in [5.41, 5.74) is 8.20. The van der Waals surface area contributed by atoms with Crippen molar-refractivity contribution in [3.05, 3.63) is 95.6 Å². The van der Waals surface area contributed by atoms with E-state index in [4.69, 9.17) is 10.5 Å². The van der Waals surface area contributed by atoms with Gasteiger partial charge in [0.05, 0.1) is 11.3 Å². The largest absolute Gasteiger partial charge is 0.481 e. The number of amides is 2. The van der Waals surface area contributed by atoms with Crippen molar-refractivity contribution in [2.45, 2.75) is 32.3 Å². The third-order valence-electron chi connectivity index (χ3n) is 5.20. The molecule has 0 saturated heterocycles. The summed E-state index contributed by atoms with van der Waals surface area (Å²) in [4.78, 5) is 24.0. The molecule has 0 spiro atoms. The van der Waals surface area contributed by atoms with E-state index in [2.05, 4.69) is 31.3 Å². The summed E-state index contributed by atoms with van der Waals surface area (Å²) in [6.07, 6.45) is -0.751. The molecule has 0 saturated carbocycles. The molecule has 0 aromatic heterocycles. The Kier molecular flexibility index (Phi) is 6.21. The van der Waals surface area contributed by atoms with E-state index >= 15 is 0 Å². The van der Waals surface area contributed by atoms with Gasteiger partial charge in [-0.15, -0.1) is 0 Å². The summed E-state index contributed by atoms with van der Waals surface area (Å²) in [6.45, 7) is 6.00. The average Bonchev–Trinajstić information content (AvgIpc) is 2.75. The van der Waals surface area contributed by atoms with E-state index in [0.29, 0.717) is 11.4 Å². The number of rotatable bonds is 7. The van der Waals surface area contributed by atoms with Crippen molar-refractivity contribution in [3.63, 3.8) is 0 Å². The quantitative estimate of drug-likeness (QED) is 0.610. The van der Waals surface area contributed by atoms with Gasteiger partial charge < -0.3 is 15.8 Å². The van der Waals surface area contributed by atoms with Gasteiger partial charge in [-0.1, -0.05) is 68.4 Å². The monoisotopic (exact) mass is 402 g/mol. The molecule has 0 aliphatic carbocycles. The zero-order valence-electron chi connectivity index (χ0n) is 17.4. The molecule has 0 radical (unpaired) electrons. The van der Waals surface area contributed by atoms with Crippen molar-refractivity contribution in [1.29, 1.82) is 0 Å². The molecule has 5 nitrogen and oxygen atoms in total. The number of benzene rings is 3. The fraction of sp³-hybridized carbons (Fsp3) is 0.200. The van der Waals surface area contributed by atoms with Gasteiger partial charge in [-0.05, 0) is 42.3 Å². The molecule has 1 atom stereocenters. The molecule has 0 aliphatic rings. The van der Waals surface area contributed by atoms with Crippen LogP contribution in [-0.2, 0) is 10.2 Å². The lowest BCUT2D eigenvalue weighted by atomic mass is 9.78. The number of nitrogens with two attached hydrogens (primary N) is 1. The maximum atomic E-state index is 12.5. The van der Waals surface area contributed by atoms with Crippen molar-refractivity contribution >= 4 is 17.5 Å². The van der Waals surface area contributed by atoms with Crippen molar-refractivity contribution in [1.82, 2.24) is 0 Å². The van der Waals surface area contributed by atoms with Crippen LogP contribution in [0.1, 0.15) is 42.3 Å². The Morgan fingerprint density at radius 1 is 0.867 bits per heavy atom. The number of hydrogen-bond donors (Lipinski definition) is 2. The first kappa shape index (κ1) is 21.1. The van der Waals surface area contributed by atoms with Crippen LogP contribution in [0, 0.1) is 0 Å². The van der Waals surface area contributed by atoms with Gasteiger partial charge in [0, 0.05) is 5.41 Å². The lowest BCUT2D eigenvalue weighted by Crippen LogP contribution is -2.31. The van der Waals surface area contributed by atoms with Crippen LogP contribution in [0.25, 0.3) is 0 Å². The molecule has 0 aliphatic heterocycles. The van der Waals surface area contributed by atoms with E-state index in [1.54, 1.807) is 31.2 Å². The molecule has 2 amide bonds. The minimum absolute atomic E-state index is 0.152. The highest BCUT2D eigenvalue weighted by Crippen LogP contribution is 2.32. The topological polar surface area (TPSA) is 81.4 Å². The van der Waals surface area contributed by atoms with E-state index in [9.17, 15) is 9.59 Å².